The summed E-state index contributed by atoms with van der Waals surface area (Å²) in [6, 6.07) is 13.5. The van der Waals surface area contributed by atoms with E-state index in [1.54, 1.807) is 0 Å². The molecule has 0 aromatic heterocycles. The molecule has 0 spiro atoms. The van der Waals surface area contributed by atoms with Crippen molar-refractivity contribution in [1.82, 2.24) is 0 Å². The Morgan fingerprint density at radius 1 is 1.20 bits per heavy atom. The summed E-state index contributed by atoms with van der Waals surface area (Å²) in [7, 11) is 0. The second-order valence-corrected chi connectivity index (χ2v) is 5.27. The molecule has 0 atom stereocenters. The fraction of sp³-hybridized carbons (Fsp3) is 0.250. The first-order valence-corrected chi connectivity index (χ1v) is 6.97. The first-order chi connectivity index (χ1) is 9.56. The van der Waals surface area contributed by atoms with Gasteiger partial charge in [-0.05, 0) is 37.6 Å². The average molecular weight is 291 g/mol. The van der Waals surface area contributed by atoms with Gasteiger partial charge in [-0.25, -0.2) is 0 Å². The van der Waals surface area contributed by atoms with E-state index in [0.717, 1.165) is 16.3 Å². The first-order valence-electron chi connectivity index (χ1n) is 6.59. The summed E-state index contributed by atoms with van der Waals surface area (Å²) < 4.78 is 5.67. The largest absolute Gasteiger partial charge is 0.489 e. The van der Waals surface area contributed by atoms with Crippen LogP contribution in [0.2, 0.25) is 5.02 Å². The Hall–Kier alpha value is -1.87. The van der Waals surface area contributed by atoms with E-state index in [-0.39, 0.29) is 6.10 Å². The van der Waals surface area contributed by atoms with E-state index < -0.39 is 0 Å². The summed E-state index contributed by atoms with van der Waals surface area (Å²) in [4.78, 5) is 0. The molecular formula is C16H19ClN2O. The number of anilines is 2. The SMILES string of the molecule is CC(C)Oc1cc(NCc2ccccc2Cl)ccc1N. The molecule has 0 radical (unpaired) electrons. The Morgan fingerprint density at radius 3 is 2.65 bits per heavy atom. The molecule has 2 aromatic carbocycles. The number of rotatable bonds is 5. The fourth-order valence-corrected chi connectivity index (χ4v) is 2.04. The number of halogens is 1. The Labute approximate surface area is 124 Å². The van der Waals surface area contributed by atoms with Crippen molar-refractivity contribution in [2.75, 3.05) is 11.1 Å². The lowest BCUT2D eigenvalue weighted by atomic mass is 10.2. The molecular weight excluding hydrogens is 272 g/mol. The topological polar surface area (TPSA) is 47.3 Å². The lowest BCUT2D eigenvalue weighted by Crippen LogP contribution is -2.08. The molecule has 3 N–H and O–H groups in total. The van der Waals surface area contributed by atoms with E-state index in [4.69, 9.17) is 22.1 Å². The summed E-state index contributed by atoms with van der Waals surface area (Å²) in [6.07, 6.45) is 0.0936. The van der Waals surface area contributed by atoms with Gasteiger partial charge in [0, 0.05) is 23.3 Å². The van der Waals surface area contributed by atoms with E-state index in [2.05, 4.69) is 5.32 Å². The molecule has 0 saturated heterocycles. The van der Waals surface area contributed by atoms with Crippen molar-refractivity contribution in [2.24, 2.45) is 0 Å². The summed E-state index contributed by atoms with van der Waals surface area (Å²) >= 11 is 6.13. The van der Waals surface area contributed by atoms with Gasteiger partial charge in [-0.2, -0.15) is 0 Å². The van der Waals surface area contributed by atoms with Crippen LogP contribution in [0.25, 0.3) is 0 Å². The predicted octanol–water partition coefficient (Wildman–Crippen LogP) is 4.32. The molecule has 4 heteroatoms. The molecule has 0 aliphatic carbocycles. The van der Waals surface area contributed by atoms with Crippen LogP contribution >= 0.6 is 11.6 Å². The maximum atomic E-state index is 6.13. The van der Waals surface area contributed by atoms with E-state index in [9.17, 15) is 0 Å². The van der Waals surface area contributed by atoms with Crippen molar-refractivity contribution in [2.45, 2.75) is 26.5 Å². The highest BCUT2D eigenvalue weighted by Crippen LogP contribution is 2.27. The zero-order valence-corrected chi connectivity index (χ0v) is 12.4. The molecule has 0 bridgehead atoms. The third kappa shape index (κ3) is 3.81. The monoisotopic (exact) mass is 290 g/mol. The summed E-state index contributed by atoms with van der Waals surface area (Å²) in [5, 5.41) is 4.08. The zero-order chi connectivity index (χ0) is 14.5. The second-order valence-electron chi connectivity index (χ2n) is 4.86. The normalized spacial score (nSPS) is 10.6. The lowest BCUT2D eigenvalue weighted by molar-refractivity contribution is 0.244. The molecule has 0 fully saturated rings. The maximum absolute atomic E-state index is 6.13. The molecule has 0 saturated carbocycles. The van der Waals surface area contributed by atoms with Gasteiger partial charge in [0.1, 0.15) is 5.75 Å². The number of hydrogen-bond acceptors (Lipinski definition) is 3. The average Bonchev–Trinajstić information content (AvgIpc) is 2.40. The quantitative estimate of drug-likeness (QED) is 0.806. The van der Waals surface area contributed by atoms with Gasteiger partial charge >= 0.3 is 0 Å². The highest BCUT2D eigenvalue weighted by atomic mass is 35.5. The molecule has 0 aliphatic heterocycles. The zero-order valence-electron chi connectivity index (χ0n) is 11.7. The molecule has 20 heavy (non-hydrogen) atoms. The van der Waals surface area contributed by atoms with Gasteiger partial charge in [0.25, 0.3) is 0 Å². The highest BCUT2D eigenvalue weighted by molar-refractivity contribution is 6.31. The Balaban J connectivity index is 2.08. The van der Waals surface area contributed by atoms with Crippen LogP contribution in [0.4, 0.5) is 11.4 Å². The maximum Gasteiger partial charge on any atom is 0.144 e. The lowest BCUT2D eigenvalue weighted by Gasteiger charge is -2.14. The number of benzene rings is 2. The molecule has 2 rings (SSSR count). The molecule has 0 heterocycles. The van der Waals surface area contributed by atoms with Gasteiger partial charge in [-0.15, -0.1) is 0 Å². The minimum Gasteiger partial charge on any atom is -0.489 e. The van der Waals surface area contributed by atoms with Crippen LogP contribution in [0, 0.1) is 0 Å². The minimum absolute atomic E-state index is 0.0936. The number of nitrogens with one attached hydrogen (secondary N) is 1. The van der Waals surface area contributed by atoms with Gasteiger partial charge in [0.2, 0.25) is 0 Å². The van der Waals surface area contributed by atoms with Gasteiger partial charge in [-0.3, -0.25) is 0 Å². The van der Waals surface area contributed by atoms with Crippen LogP contribution in [-0.4, -0.2) is 6.10 Å². The van der Waals surface area contributed by atoms with Crippen LogP contribution in [-0.2, 0) is 6.54 Å². The molecule has 0 aliphatic rings. The summed E-state index contributed by atoms with van der Waals surface area (Å²) in [5.41, 5.74) is 8.54. The van der Waals surface area contributed by atoms with Crippen molar-refractivity contribution in [3.05, 3.63) is 53.1 Å². The molecule has 2 aromatic rings. The standard InChI is InChI=1S/C16H19ClN2O/c1-11(2)20-16-9-13(7-8-15(16)18)19-10-12-5-3-4-6-14(12)17/h3-9,11,19H,10,18H2,1-2H3. The van der Waals surface area contributed by atoms with Crippen molar-refractivity contribution >= 4 is 23.0 Å². The number of hydrogen-bond donors (Lipinski definition) is 2. The number of ether oxygens (including phenoxy) is 1. The molecule has 106 valence electrons. The van der Waals surface area contributed by atoms with Crippen molar-refractivity contribution in [1.29, 1.82) is 0 Å². The molecule has 3 nitrogen and oxygen atoms in total. The Bertz CT molecular complexity index is 584. The molecule has 0 amide bonds. The number of nitrogen functional groups attached to an aromatic ring is 1. The minimum atomic E-state index is 0.0936. The third-order valence-corrected chi connectivity index (χ3v) is 3.19. The van der Waals surface area contributed by atoms with E-state index >= 15 is 0 Å². The van der Waals surface area contributed by atoms with Gasteiger partial charge in [0.15, 0.2) is 0 Å². The smallest absolute Gasteiger partial charge is 0.144 e. The van der Waals surface area contributed by atoms with E-state index in [1.165, 1.54) is 0 Å². The Morgan fingerprint density at radius 2 is 1.95 bits per heavy atom. The van der Waals surface area contributed by atoms with Crippen LogP contribution in [0.1, 0.15) is 19.4 Å². The predicted molar refractivity (Wildman–Crippen MR) is 85.4 cm³/mol. The van der Waals surface area contributed by atoms with Crippen molar-refractivity contribution in [3.8, 4) is 5.75 Å². The Kier molecular flexibility index (Phi) is 4.74. The van der Waals surface area contributed by atoms with Crippen LogP contribution < -0.4 is 15.8 Å². The van der Waals surface area contributed by atoms with Crippen LogP contribution in [0.5, 0.6) is 5.75 Å². The van der Waals surface area contributed by atoms with Crippen molar-refractivity contribution < 1.29 is 4.74 Å². The van der Waals surface area contributed by atoms with Crippen LogP contribution in [0.15, 0.2) is 42.5 Å². The fourth-order valence-electron chi connectivity index (χ4n) is 1.84. The van der Waals surface area contributed by atoms with E-state index in [0.29, 0.717) is 18.0 Å². The third-order valence-electron chi connectivity index (χ3n) is 2.82. The van der Waals surface area contributed by atoms with Gasteiger partial charge in [-0.1, -0.05) is 29.8 Å². The first kappa shape index (κ1) is 14.5. The second kappa shape index (κ2) is 6.53. The van der Waals surface area contributed by atoms with Gasteiger partial charge < -0.3 is 15.8 Å². The van der Waals surface area contributed by atoms with E-state index in [1.807, 2.05) is 56.3 Å². The molecule has 0 unspecified atom stereocenters. The van der Waals surface area contributed by atoms with Crippen molar-refractivity contribution in [3.63, 3.8) is 0 Å². The van der Waals surface area contributed by atoms with Gasteiger partial charge in [0.05, 0.1) is 11.8 Å². The highest BCUT2D eigenvalue weighted by Gasteiger charge is 2.05. The summed E-state index contributed by atoms with van der Waals surface area (Å²) in [5.74, 6) is 0.698. The van der Waals surface area contributed by atoms with Crippen LogP contribution in [0.3, 0.4) is 0 Å². The number of nitrogens with two attached hydrogens (primary N) is 1. The summed E-state index contributed by atoms with van der Waals surface area (Å²) in [6.45, 7) is 4.61.